The van der Waals surface area contributed by atoms with Gasteiger partial charge in [0.2, 0.25) is 0 Å². The van der Waals surface area contributed by atoms with Crippen LogP contribution >= 0.6 is 28.1 Å². The molecule has 2 aromatic rings. The maximum absolute atomic E-state index is 13.6. The van der Waals surface area contributed by atoms with Gasteiger partial charge in [-0.15, -0.1) is 0 Å². The van der Waals surface area contributed by atoms with Crippen LogP contribution in [0.5, 0.6) is 0 Å². The van der Waals surface area contributed by atoms with Crippen molar-refractivity contribution in [3.05, 3.63) is 27.2 Å². The summed E-state index contributed by atoms with van der Waals surface area (Å²) in [6.45, 7) is 11.0. The number of benzene rings is 1. The van der Waals surface area contributed by atoms with E-state index in [1.165, 1.54) is 6.07 Å². The summed E-state index contributed by atoms with van der Waals surface area (Å²) in [5.41, 5.74) is 1.69. The molecule has 0 aliphatic carbocycles. The highest BCUT2D eigenvalue weighted by molar-refractivity contribution is 9.10. The van der Waals surface area contributed by atoms with Crippen molar-refractivity contribution < 1.29 is 4.39 Å². The number of aromatic amines is 1. The lowest BCUT2D eigenvalue weighted by atomic mass is 9.81. The molecule has 5 heteroatoms. The predicted molar refractivity (Wildman–Crippen MR) is 88.2 cm³/mol. The summed E-state index contributed by atoms with van der Waals surface area (Å²) in [7, 11) is 0. The monoisotopic (exact) mass is 358 g/mol. The zero-order valence-electron chi connectivity index (χ0n) is 12.5. The minimum atomic E-state index is -0.283. The van der Waals surface area contributed by atoms with Crippen molar-refractivity contribution in [1.82, 2.24) is 9.55 Å². The van der Waals surface area contributed by atoms with E-state index in [0.29, 0.717) is 9.24 Å². The van der Waals surface area contributed by atoms with Gasteiger partial charge in [-0.3, -0.25) is 0 Å². The Morgan fingerprint density at radius 2 is 1.85 bits per heavy atom. The second-order valence-corrected chi connectivity index (χ2v) is 8.34. The summed E-state index contributed by atoms with van der Waals surface area (Å²) in [5, 5.41) is 0. The largest absolute Gasteiger partial charge is 0.330 e. The van der Waals surface area contributed by atoms with Gasteiger partial charge in [-0.2, -0.15) is 0 Å². The van der Waals surface area contributed by atoms with Gasteiger partial charge in [0.1, 0.15) is 5.82 Å². The molecule has 2 nitrogen and oxygen atoms in total. The molecule has 1 heterocycles. The minimum absolute atomic E-state index is 0.148. The Labute approximate surface area is 132 Å². The van der Waals surface area contributed by atoms with Crippen LogP contribution < -0.4 is 0 Å². The fourth-order valence-corrected chi connectivity index (χ4v) is 3.87. The van der Waals surface area contributed by atoms with Crippen molar-refractivity contribution in [1.29, 1.82) is 0 Å². The van der Waals surface area contributed by atoms with E-state index in [4.69, 9.17) is 12.2 Å². The molecule has 0 amide bonds. The Morgan fingerprint density at radius 3 is 2.40 bits per heavy atom. The van der Waals surface area contributed by atoms with Gasteiger partial charge in [-0.25, -0.2) is 4.39 Å². The van der Waals surface area contributed by atoms with Gasteiger partial charge in [-0.1, -0.05) is 20.8 Å². The van der Waals surface area contributed by atoms with E-state index < -0.39 is 0 Å². The van der Waals surface area contributed by atoms with Crippen LogP contribution in [0.3, 0.4) is 0 Å². The van der Waals surface area contributed by atoms with Crippen molar-refractivity contribution in [2.45, 2.75) is 46.6 Å². The Kier molecular flexibility index (Phi) is 3.89. The molecule has 1 aromatic heterocycles. The molecule has 110 valence electrons. The molecule has 0 radical (unpaired) electrons. The number of imidazole rings is 1. The Hall–Kier alpha value is -0.680. The topological polar surface area (TPSA) is 20.7 Å². The number of nitrogens with one attached hydrogen (secondary N) is 1. The van der Waals surface area contributed by atoms with Crippen LogP contribution in [-0.4, -0.2) is 9.55 Å². The molecule has 20 heavy (non-hydrogen) atoms. The van der Waals surface area contributed by atoms with E-state index in [1.807, 2.05) is 0 Å². The molecular formula is C15H20BrFN2S. The van der Waals surface area contributed by atoms with Crippen LogP contribution in [-0.2, 0) is 5.54 Å². The number of rotatable bonds is 2. The third-order valence-electron chi connectivity index (χ3n) is 3.29. The van der Waals surface area contributed by atoms with Crippen LogP contribution in [0.4, 0.5) is 4.39 Å². The van der Waals surface area contributed by atoms with Crippen molar-refractivity contribution in [2.24, 2.45) is 5.41 Å². The number of H-pyrrole nitrogens is 1. The third kappa shape index (κ3) is 2.98. The average Bonchev–Trinajstić information content (AvgIpc) is 2.51. The summed E-state index contributed by atoms with van der Waals surface area (Å²) in [4.78, 5) is 3.10. The molecule has 0 fully saturated rings. The first kappa shape index (κ1) is 15.7. The molecular weight excluding hydrogens is 339 g/mol. The number of halogens is 2. The number of aromatic nitrogens is 2. The standard InChI is InChI=1S/C15H20BrFN2S/c1-14(2,3)8-15(4,5)19-12-6-9(16)10(17)7-11(12)18-13(19)20/h6-7H,8H2,1-5H3,(H,18,20). The molecule has 0 aliphatic heterocycles. The van der Waals surface area contributed by atoms with Gasteiger partial charge in [0.05, 0.1) is 15.5 Å². The first-order chi connectivity index (χ1) is 9.01. The molecule has 0 aliphatic rings. The second kappa shape index (κ2) is 4.95. The van der Waals surface area contributed by atoms with Gasteiger partial charge >= 0.3 is 0 Å². The molecule has 1 aromatic carbocycles. The molecule has 0 spiro atoms. The summed E-state index contributed by atoms with van der Waals surface area (Å²) in [5.74, 6) is -0.283. The fourth-order valence-electron chi connectivity index (χ4n) is 3.08. The van der Waals surface area contributed by atoms with E-state index in [2.05, 4.69) is 60.1 Å². The number of hydrogen-bond donors (Lipinski definition) is 1. The van der Waals surface area contributed by atoms with Crippen molar-refractivity contribution >= 4 is 39.2 Å². The molecule has 0 unspecified atom stereocenters. The number of hydrogen-bond acceptors (Lipinski definition) is 1. The van der Waals surface area contributed by atoms with Gasteiger partial charge in [0, 0.05) is 11.6 Å². The molecule has 0 bridgehead atoms. The van der Waals surface area contributed by atoms with Gasteiger partial charge in [0.15, 0.2) is 4.77 Å². The summed E-state index contributed by atoms with van der Waals surface area (Å²) >= 11 is 8.70. The number of nitrogens with zero attached hydrogens (tertiary/aromatic N) is 1. The summed E-state index contributed by atoms with van der Waals surface area (Å²) < 4.78 is 16.8. The molecule has 1 N–H and O–H groups in total. The van der Waals surface area contributed by atoms with Crippen LogP contribution in [0.2, 0.25) is 0 Å². The summed E-state index contributed by atoms with van der Waals surface area (Å²) in [6, 6.07) is 3.28. The van der Waals surface area contributed by atoms with Gasteiger partial charge < -0.3 is 9.55 Å². The summed E-state index contributed by atoms with van der Waals surface area (Å²) in [6.07, 6.45) is 0.969. The van der Waals surface area contributed by atoms with Crippen LogP contribution in [0, 0.1) is 16.0 Å². The van der Waals surface area contributed by atoms with E-state index in [-0.39, 0.29) is 16.8 Å². The maximum atomic E-state index is 13.6. The zero-order chi connectivity index (χ0) is 15.3. The minimum Gasteiger partial charge on any atom is -0.330 e. The highest BCUT2D eigenvalue weighted by Crippen LogP contribution is 2.35. The Bertz CT molecular complexity index is 707. The van der Waals surface area contributed by atoms with Crippen LogP contribution in [0.1, 0.15) is 41.0 Å². The van der Waals surface area contributed by atoms with E-state index in [1.54, 1.807) is 6.07 Å². The third-order valence-corrected chi connectivity index (χ3v) is 4.18. The smallest absolute Gasteiger partial charge is 0.178 e. The zero-order valence-corrected chi connectivity index (χ0v) is 14.9. The Morgan fingerprint density at radius 1 is 1.25 bits per heavy atom. The SMILES string of the molecule is CC(C)(C)CC(C)(C)n1c(=S)[nH]c2cc(F)c(Br)cc21. The van der Waals surface area contributed by atoms with Gasteiger partial charge in [0.25, 0.3) is 0 Å². The lowest BCUT2D eigenvalue weighted by Gasteiger charge is -2.34. The highest BCUT2D eigenvalue weighted by atomic mass is 79.9. The fraction of sp³-hybridized carbons (Fsp3) is 0.533. The van der Waals surface area contributed by atoms with Gasteiger partial charge in [-0.05, 0) is 59.9 Å². The van der Waals surface area contributed by atoms with Crippen molar-refractivity contribution in [2.75, 3.05) is 0 Å². The normalized spacial score (nSPS) is 13.2. The average molecular weight is 359 g/mol. The van der Waals surface area contributed by atoms with Crippen molar-refractivity contribution in [3.63, 3.8) is 0 Å². The first-order valence-electron chi connectivity index (χ1n) is 6.61. The van der Waals surface area contributed by atoms with E-state index >= 15 is 0 Å². The molecule has 0 saturated carbocycles. The first-order valence-corrected chi connectivity index (χ1v) is 7.82. The van der Waals surface area contributed by atoms with E-state index in [0.717, 1.165) is 17.5 Å². The highest BCUT2D eigenvalue weighted by Gasteiger charge is 2.29. The Balaban J connectivity index is 2.68. The lowest BCUT2D eigenvalue weighted by Crippen LogP contribution is -2.31. The number of fused-ring (bicyclic) bond motifs is 1. The molecule has 0 saturated heterocycles. The van der Waals surface area contributed by atoms with Crippen LogP contribution in [0.15, 0.2) is 16.6 Å². The van der Waals surface area contributed by atoms with Crippen LogP contribution in [0.25, 0.3) is 11.0 Å². The predicted octanol–water partition coefficient (Wildman–Crippen LogP) is 5.77. The quantitative estimate of drug-likeness (QED) is 0.675. The van der Waals surface area contributed by atoms with Crippen molar-refractivity contribution in [3.8, 4) is 0 Å². The molecule has 0 atom stereocenters. The molecule has 2 rings (SSSR count). The second-order valence-electron chi connectivity index (χ2n) is 7.10. The maximum Gasteiger partial charge on any atom is 0.178 e. The van der Waals surface area contributed by atoms with E-state index in [9.17, 15) is 4.39 Å². The lowest BCUT2D eigenvalue weighted by molar-refractivity contribution is 0.217.